The van der Waals surface area contributed by atoms with Gasteiger partial charge < -0.3 is 5.32 Å². The number of para-hydroxylation sites is 1. The van der Waals surface area contributed by atoms with Crippen molar-refractivity contribution in [1.29, 1.82) is 0 Å². The molecule has 0 unspecified atom stereocenters. The minimum absolute atomic E-state index is 0.140. The van der Waals surface area contributed by atoms with Gasteiger partial charge in [0.2, 0.25) is 0 Å². The molecule has 2 N–H and O–H groups in total. The number of aromatic nitrogens is 2. The highest BCUT2D eigenvalue weighted by molar-refractivity contribution is 14.1. The second kappa shape index (κ2) is 6.03. The molecule has 2 aromatic carbocycles. The molecule has 0 bridgehead atoms. The highest BCUT2D eigenvalue weighted by Crippen LogP contribution is 2.21. The summed E-state index contributed by atoms with van der Waals surface area (Å²) in [5.41, 5.74) is 2.26. The summed E-state index contributed by atoms with van der Waals surface area (Å²) in [5, 5.41) is 11.6. The molecule has 3 rings (SSSR count). The van der Waals surface area contributed by atoms with Crippen LogP contribution in [-0.4, -0.2) is 16.1 Å². The molecule has 0 radical (unpaired) electrons. The van der Waals surface area contributed by atoms with Gasteiger partial charge in [-0.1, -0.05) is 35.9 Å². The molecule has 1 heterocycles. The van der Waals surface area contributed by atoms with Crippen LogP contribution in [0.15, 0.2) is 42.5 Å². The van der Waals surface area contributed by atoms with Crippen molar-refractivity contribution in [2.75, 3.05) is 0 Å². The monoisotopic (exact) mass is 411 g/mol. The number of hydrogen-bond donors (Lipinski definition) is 2. The molecule has 0 aliphatic carbocycles. The summed E-state index contributed by atoms with van der Waals surface area (Å²) in [5.74, 6) is -0.140. The summed E-state index contributed by atoms with van der Waals surface area (Å²) in [6.07, 6.45) is 0. The second-order valence-corrected chi connectivity index (χ2v) is 6.06. The van der Waals surface area contributed by atoms with E-state index in [4.69, 9.17) is 11.6 Å². The standard InChI is InChI=1S/C15H11ClIN3O/c16-10-6-4-9(5-7-10)8-18-15(21)12-3-1-2-11-13(12)19-20-14(11)17/h1-7H,8H2,(H,18,21)(H,19,20). The second-order valence-electron chi connectivity index (χ2n) is 4.55. The zero-order chi connectivity index (χ0) is 14.8. The van der Waals surface area contributed by atoms with Crippen molar-refractivity contribution in [2.45, 2.75) is 6.54 Å². The van der Waals surface area contributed by atoms with Crippen LogP contribution in [0.5, 0.6) is 0 Å². The third-order valence-corrected chi connectivity index (χ3v) is 4.22. The number of amides is 1. The van der Waals surface area contributed by atoms with E-state index in [9.17, 15) is 4.79 Å². The Labute approximate surface area is 140 Å². The summed E-state index contributed by atoms with van der Waals surface area (Å²) >= 11 is 8.00. The van der Waals surface area contributed by atoms with Gasteiger partial charge in [0.25, 0.3) is 5.91 Å². The molecule has 0 atom stereocenters. The molecule has 1 amide bonds. The van der Waals surface area contributed by atoms with Crippen LogP contribution < -0.4 is 5.32 Å². The van der Waals surface area contributed by atoms with Crippen molar-refractivity contribution in [3.8, 4) is 0 Å². The Bertz CT molecular complexity index is 798. The Balaban J connectivity index is 1.79. The summed E-state index contributed by atoms with van der Waals surface area (Å²) in [6.45, 7) is 0.452. The number of aromatic amines is 1. The highest BCUT2D eigenvalue weighted by atomic mass is 127. The number of nitrogens with one attached hydrogen (secondary N) is 2. The van der Waals surface area contributed by atoms with Crippen LogP contribution in [0.4, 0.5) is 0 Å². The van der Waals surface area contributed by atoms with Crippen molar-refractivity contribution in [3.63, 3.8) is 0 Å². The van der Waals surface area contributed by atoms with E-state index in [-0.39, 0.29) is 5.91 Å². The zero-order valence-electron chi connectivity index (χ0n) is 10.9. The number of fused-ring (bicyclic) bond motifs is 1. The van der Waals surface area contributed by atoms with Crippen LogP contribution in [0.3, 0.4) is 0 Å². The van der Waals surface area contributed by atoms with Crippen molar-refractivity contribution < 1.29 is 4.79 Å². The fraction of sp³-hybridized carbons (Fsp3) is 0.0667. The minimum Gasteiger partial charge on any atom is -0.348 e. The van der Waals surface area contributed by atoms with Gasteiger partial charge in [0.15, 0.2) is 0 Å². The van der Waals surface area contributed by atoms with Gasteiger partial charge in [-0.3, -0.25) is 9.89 Å². The summed E-state index contributed by atoms with van der Waals surface area (Å²) in [7, 11) is 0. The van der Waals surface area contributed by atoms with E-state index in [2.05, 4.69) is 38.1 Å². The third kappa shape index (κ3) is 3.03. The summed E-state index contributed by atoms with van der Waals surface area (Å²) < 4.78 is 0.926. The number of benzene rings is 2. The Morgan fingerprint density at radius 1 is 1.24 bits per heavy atom. The lowest BCUT2D eigenvalue weighted by molar-refractivity contribution is 0.0952. The van der Waals surface area contributed by atoms with Crippen LogP contribution in [0.2, 0.25) is 5.02 Å². The lowest BCUT2D eigenvalue weighted by atomic mass is 10.1. The molecule has 21 heavy (non-hydrogen) atoms. The van der Waals surface area contributed by atoms with Gasteiger partial charge in [-0.2, -0.15) is 5.10 Å². The average Bonchev–Trinajstić information content (AvgIpc) is 2.88. The topological polar surface area (TPSA) is 57.8 Å². The molecular formula is C15H11ClIN3O. The Hall–Kier alpha value is -1.60. The molecule has 0 saturated carbocycles. The van der Waals surface area contributed by atoms with Gasteiger partial charge in [0.1, 0.15) is 9.22 Å². The SMILES string of the molecule is O=C(NCc1ccc(Cl)cc1)c1cccc2c(I)[nH]nc12. The molecule has 3 aromatic rings. The molecule has 0 saturated heterocycles. The third-order valence-electron chi connectivity index (χ3n) is 3.15. The van der Waals surface area contributed by atoms with E-state index in [0.717, 1.165) is 14.7 Å². The number of carbonyl (C=O) groups is 1. The first-order valence-corrected chi connectivity index (χ1v) is 7.76. The predicted molar refractivity (Wildman–Crippen MR) is 91.4 cm³/mol. The molecule has 0 aliphatic heterocycles. The van der Waals surface area contributed by atoms with E-state index >= 15 is 0 Å². The molecule has 0 aliphatic rings. The van der Waals surface area contributed by atoms with Gasteiger partial charge in [-0.05, 0) is 46.4 Å². The van der Waals surface area contributed by atoms with Gasteiger partial charge >= 0.3 is 0 Å². The maximum atomic E-state index is 12.3. The number of nitrogens with zero attached hydrogens (tertiary/aromatic N) is 1. The van der Waals surface area contributed by atoms with E-state index in [1.807, 2.05) is 24.3 Å². The molecule has 1 aromatic heterocycles. The van der Waals surface area contributed by atoms with Crippen molar-refractivity contribution in [2.24, 2.45) is 0 Å². The first kappa shape index (κ1) is 14.3. The molecular weight excluding hydrogens is 401 g/mol. The number of carbonyl (C=O) groups excluding carboxylic acids is 1. The van der Waals surface area contributed by atoms with Crippen LogP contribution in [0, 0.1) is 3.70 Å². The summed E-state index contributed by atoms with van der Waals surface area (Å²) in [4.78, 5) is 12.3. The molecule has 4 nitrogen and oxygen atoms in total. The fourth-order valence-corrected chi connectivity index (χ4v) is 2.75. The average molecular weight is 412 g/mol. The fourth-order valence-electron chi connectivity index (χ4n) is 2.07. The lowest BCUT2D eigenvalue weighted by Gasteiger charge is -2.06. The van der Waals surface area contributed by atoms with E-state index in [0.29, 0.717) is 22.6 Å². The van der Waals surface area contributed by atoms with Gasteiger partial charge in [-0.25, -0.2) is 0 Å². The van der Waals surface area contributed by atoms with Crippen molar-refractivity contribution in [1.82, 2.24) is 15.5 Å². The number of H-pyrrole nitrogens is 1. The van der Waals surface area contributed by atoms with Gasteiger partial charge in [-0.15, -0.1) is 0 Å². The Morgan fingerprint density at radius 2 is 2.00 bits per heavy atom. The van der Waals surface area contributed by atoms with Crippen molar-refractivity contribution in [3.05, 3.63) is 62.3 Å². The number of hydrogen-bond acceptors (Lipinski definition) is 2. The van der Waals surface area contributed by atoms with Gasteiger partial charge in [0.05, 0.1) is 5.56 Å². The number of rotatable bonds is 3. The van der Waals surface area contributed by atoms with E-state index in [1.54, 1.807) is 18.2 Å². The highest BCUT2D eigenvalue weighted by Gasteiger charge is 2.13. The molecule has 0 spiro atoms. The van der Waals surface area contributed by atoms with Crippen LogP contribution in [0.25, 0.3) is 10.9 Å². The van der Waals surface area contributed by atoms with Crippen LogP contribution in [-0.2, 0) is 6.54 Å². The first-order valence-electron chi connectivity index (χ1n) is 6.30. The maximum Gasteiger partial charge on any atom is 0.253 e. The molecule has 0 fully saturated rings. The minimum atomic E-state index is -0.140. The zero-order valence-corrected chi connectivity index (χ0v) is 13.8. The largest absolute Gasteiger partial charge is 0.348 e. The van der Waals surface area contributed by atoms with E-state index in [1.165, 1.54) is 0 Å². The molecule has 106 valence electrons. The smallest absolute Gasteiger partial charge is 0.253 e. The molecule has 6 heteroatoms. The normalized spacial score (nSPS) is 10.8. The van der Waals surface area contributed by atoms with Crippen LogP contribution >= 0.6 is 34.2 Å². The maximum absolute atomic E-state index is 12.3. The Kier molecular flexibility index (Phi) is 4.12. The number of halogens is 2. The van der Waals surface area contributed by atoms with Crippen molar-refractivity contribution >= 4 is 51.0 Å². The predicted octanol–water partition coefficient (Wildman–Crippen LogP) is 3.75. The van der Waals surface area contributed by atoms with E-state index < -0.39 is 0 Å². The Morgan fingerprint density at radius 3 is 2.76 bits per heavy atom. The van der Waals surface area contributed by atoms with Crippen LogP contribution in [0.1, 0.15) is 15.9 Å². The first-order chi connectivity index (χ1) is 10.1. The quantitative estimate of drug-likeness (QED) is 0.645. The lowest BCUT2D eigenvalue weighted by Crippen LogP contribution is -2.23. The van der Waals surface area contributed by atoms with Gasteiger partial charge in [0, 0.05) is 17.0 Å². The summed E-state index contributed by atoms with van der Waals surface area (Å²) in [6, 6.07) is 13.0.